The van der Waals surface area contributed by atoms with E-state index in [9.17, 15) is 0 Å². The standard InChI is InChI=1S/C27H42/c1-4-5-6-7-22-8-12-24(13-9-22)26-16-18-27(19-17-26)25-14-10-23(11-15-25)20-21(2)3/h10-11,14-15,20,22,24,26-27H,4-9,12-13,16-19H2,1-3H3/t22-,24-,26?,27?. The monoisotopic (exact) mass is 366 g/mol. The molecule has 0 N–H and O–H groups in total. The quantitative estimate of drug-likeness (QED) is 0.423. The van der Waals surface area contributed by atoms with Crippen LogP contribution in [0.4, 0.5) is 0 Å². The van der Waals surface area contributed by atoms with E-state index in [1.54, 1.807) is 5.56 Å². The molecule has 0 aliphatic heterocycles. The molecule has 0 radical (unpaired) electrons. The van der Waals surface area contributed by atoms with Gasteiger partial charge in [0.25, 0.3) is 0 Å². The lowest BCUT2D eigenvalue weighted by Gasteiger charge is -2.38. The van der Waals surface area contributed by atoms with Crippen LogP contribution in [0.25, 0.3) is 6.08 Å². The van der Waals surface area contributed by atoms with E-state index < -0.39 is 0 Å². The molecule has 0 bridgehead atoms. The van der Waals surface area contributed by atoms with Gasteiger partial charge in [0.15, 0.2) is 0 Å². The van der Waals surface area contributed by atoms with E-state index in [0.717, 1.165) is 23.7 Å². The Morgan fingerprint density at radius 1 is 0.815 bits per heavy atom. The third kappa shape index (κ3) is 6.23. The first-order valence-electron chi connectivity index (χ1n) is 11.9. The van der Waals surface area contributed by atoms with Crippen molar-refractivity contribution >= 4 is 6.08 Å². The fourth-order valence-corrected chi connectivity index (χ4v) is 5.75. The first-order chi connectivity index (χ1) is 13.2. The summed E-state index contributed by atoms with van der Waals surface area (Å²) in [6.07, 6.45) is 20.0. The van der Waals surface area contributed by atoms with Crippen LogP contribution in [0.1, 0.15) is 115 Å². The van der Waals surface area contributed by atoms with Gasteiger partial charge in [0.1, 0.15) is 0 Å². The Labute approximate surface area is 168 Å². The number of hydrogen-bond acceptors (Lipinski definition) is 0. The molecule has 0 atom stereocenters. The zero-order valence-electron chi connectivity index (χ0n) is 18.2. The molecule has 27 heavy (non-hydrogen) atoms. The second-order valence-electron chi connectivity index (χ2n) is 9.78. The van der Waals surface area contributed by atoms with Crippen LogP contribution in [0.3, 0.4) is 0 Å². The molecule has 0 heteroatoms. The molecule has 1 aromatic rings. The van der Waals surface area contributed by atoms with E-state index >= 15 is 0 Å². The second kappa shape index (κ2) is 10.5. The van der Waals surface area contributed by atoms with Crippen molar-refractivity contribution in [3.05, 3.63) is 41.0 Å². The van der Waals surface area contributed by atoms with Gasteiger partial charge in [-0.05, 0) is 87.2 Å². The summed E-state index contributed by atoms with van der Waals surface area (Å²) >= 11 is 0. The van der Waals surface area contributed by atoms with Crippen LogP contribution < -0.4 is 0 Å². The summed E-state index contributed by atoms with van der Waals surface area (Å²) in [7, 11) is 0. The molecule has 0 heterocycles. The topological polar surface area (TPSA) is 0 Å². The highest BCUT2D eigenvalue weighted by molar-refractivity contribution is 5.52. The van der Waals surface area contributed by atoms with Gasteiger partial charge in [0.05, 0.1) is 0 Å². The Hall–Kier alpha value is -1.04. The molecule has 2 saturated carbocycles. The van der Waals surface area contributed by atoms with Gasteiger partial charge >= 0.3 is 0 Å². The van der Waals surface area contributed by atoms with Crippen LogP contribution in [-0.4, -0.2) is 0 Å². The molecule has 0 amide bonds. The molecule has 0 spiro atoms. The average molecular weight is 367 g/mol. The highest BCUT2D eigenvalue weighted by atomic mass is 14.4. The van der Waals surface area contributed by atoms with Crippen LogP contribution in [-0.2, 0) is 0 Å². The zero-order valence-corrected chi connectivity index (χ0v) is 18.2. The molecule has 0 aromatic heterocycles. The Morgan fingerprint density at radius 2 is 1.41 bits per heavy atom. The maximum Gasteiger partial charge on any atom is -0.0162 e. The third-order valence-electron chi connectivity index (χ3n) is 7.41. The Kier molecular flexibility index (Phi) is 8.04. The van der Waals surface area contributed by atoms with E-state index in [1.165, 1.54) is 88.2 Å². The average Bonchev–Trinajstić information content (AvgIpc) is 2.69. The largest absolute Gasteiger partial charge is 0.0758 e. The predicted molar refractivity (Wildman–Crippen MR) is 120 cm³/mol. The summed E-state index contributed by atoms with van der Waals surface area (Å²) in [6.45, 7) is 6.67. The Balaban J connectivity index is 1.42. The Bertz CT molecular complexity index is 559. The van der Waals surface area contributed by atoms with Gasteiger partial charge in [-0.15, -0.1) is 0 Å². The summed E-state index contributed by atoms with van der Waals surface area (Å²) in [6, 6.07) is 9.41. The molecule has 1 aromatic carbocycles. The van der Waals surface area contributed by atoms with Crippen LogP contribution in [0.2, 0.25) is 0 Å². The maximum absolute atomic E-state index is 2.39. The van der Waals surface area contributed by atoms with Gasteiger partial charge in [-0.1, -0.05) is 81.4 Å². The minimum Gasteiger partial charge on any atom is -0.0758 e. The molecule has 3 rings (SSSR count). The Morgan fingerprint density at radius 3 is 1.96 bits per heavy atom. The van der Waals surface area contributed by atoms with Crippen molar-refractivity contribution in [2.75, 3.05) is 0 Å². The van der Waals surface area contributed by atoms with Gasteiger partial charge in [0.2, 0.25) is 0 Å². The number of unbranched alkanes of at least 4 members (excludes halogenated alkanes) is 2. The first-order valence-corrected chi connectivity index (χ1v) is 11.9. The van der Waals surface area contributed by atoms with Crippen molar-refractivity contribution in [1.82, 2.24) is 0 Å². The van der Waals surface area contributed by atoms with Gasteiger partial charge in [-0.3, -0.25) is 0 Å². The zero-order chi connectivity index (χ0) is 19.1. The smallest absolute Gasteiger partial charge is 0.0162 e. The lowest BCUT2D eigenvalue weighted by molar-refractivity contribution is 0.155. The van der Waals surface area contributed by atoms with Gasteiger partial charge in [0, 0.05) is 0 Å². The molecule has 0 saturated heterocycles. The van der Waals surface area contributed by atoms with E-state index in [1.807, 2.05) is 0 Å². The van der Waals surface area contributed by atoms with Gasteiger partial charge in [-0.25, -0.2) is 0 Å². The van der Waals surface area contributed by atoms with E-state index in [4.69, 9.17) is 0 Å². The summed E-state index contributed by atoms with van der Waals surface area (Å²) < 4.78 is 0. The van der Waals surface area contributed by atoms with Crippen molar-refractivity contribution in [2.45, 2.75) is 104 Å². The number of rotatable bonds is 7. The first kappa shape index (κ1) is 20.7. The van der Waals surface area contributed by atoms with Crippen molar-refractivity contribution < 1.29 is 0 Å². The van der Waals surface area contributed by atoms with E-state index in [-0.39, 0.29) is 0 Å². The normalized spacial score (nSPS) is 28.7. The van der Waals surface area contributed by atoms with Crippen molar-refractivity contribution in [3.63, 3.8) is 0 Å². The highest BCUT2D eigenvalue weighted by Crippen LogP contribution is 2.44. The summed E-state index contributed by atoms with van der Waals surface area (Å²) in [5.41, 5.74) is 4.31. The second-order valence-corrected chi connectivity index (χ2v) is 9.78. The summed E-state index contributed by atoms with van der Waals surface area (Å²) in [5.74, 6) is 3.95. The predicted octanol–water partition coefficient (Wildman–Crippen LogP) is 8.77. The summed E-state index contributed by atoms with van der Waals surface area (Å²) in [5, 5.41) is 0. The SMILES string of the molecule is CCCCC[C@H]1CC[C@H](C2CCC(c3ccc(C=C(C)C)cc3)CC2)CC1. The number of hydrogen-bond donors (Lipinski definition) is 0. The molecular weight excluding hydrogens is 324 g/mol. The third-order valence-corrected chi connectivity index (χ3v) is 7.41. The van der Waals surface area contributed by atoms with Crippen molar-refractivity contribution in [3.8, 4) is 0 Å². The van der Waals surface area contributed by atoms with Gasteiger partial charge < -0.3 is 0 Å². The molecule has 2 fully saturated rings. The van der Waals surface area contributed by atoms with Gasteiger partial charge in [-0.2, -0.15) is 0 Å². The lowest BCUT2D eigenvalue weighted by atomic mass is 9.68. The summed E-state index contributed by atoms with van der Waals surface area (Å²) in [4.78, 5) is 0. The minimum absolute atomic E-state index is 0.812. The van der Waals surface area contributed by atoms with Crippen LogP contribution in [0, 0.1) is 17.8 Å². The molecule has 2 aliphatic carbocycles. The minimum atomic E-state index is 0.812. The van der Waals surface area contributed by atoms with E-state index in [2.05, 4.69) is 51.1 Å². The number of benzene rings is 1. The van der Waals surface area contributed by atoms with Crippen LogP contribution in [0.5, 0.6) is 0 Å². The van der Waals surface area contributed by atoms with E-state index in [0.29, 0.717) is 0 Å². The highest BCUT2D eigenvalue weighted by Gasteiger charge is 2.31. The molecule has 0 unspecified atom stereocenters. The van der Waals surface area contributed by atoms with Crippen molar-refractivity contribution in [2.24, 2.45) is 17.8 Å². The van der Waals surface area contributed by atoms with Crippen LogP contribution >= 0.6 is 0 Å². The maximum atomic E-state index is 2.39. The van der Waals surface area contributed by atoms with Crippen LogP contribution in [0.15, 0.2) is 29.8 Å². The fourth-order valence-electron chi connectivity index (χ4n) is 5.75. The molecular formula is C27H42. The number of allylic oxidation sites excluding steroid dienone is 1. The molecule has 2 aliphatic rings. The lowest BCUT2D eigenvalue weighted by Crippen LogP contribution is -2.25. The molecule has 0 nitrogen and oxygen atoms in total. The van der Waals surface area contributed by atoms with Crippen molar-refractivity contribution in [1.29, 1.82) is 0 Å². The fraction of sp³-hybridized carbons (Fsp3) is 0.704. The molecule has 150 valence electrons.